The molecule has 2 aromatic heterocycles. The molecule has 0 aliphatic heterocycles. The molecule has 136 valence electrons. The predicted octanol–water partition coefficient (Wildman–Crippen LogP) is 3.40. The summed E-state index contributed by atoms with van der Waals surface area (Å²) in [5, 5.41) is 5.17. The molecule has 0 fully saturated rings. The number of pyridine rings is 2. The van der Waals surface area contributed by atoms with Crippen LogP contribution in [0.1, 0.15) is 10.4 Å². The van der Waals surface area contributed by atoms with Gasteiger partial charge in [0.15, 0.2) is 0 Å². The van der Waals surface area contributed by atoms with E-state index < -0.39 is 5.91 Å². The van der Waals surface area contributed by atoms with E-state index in [1.165, 1.54) is 12.4 Å². The van der Waals surface area contributed by atoms with Gasteiger partial charge in [0.1, 0.15) is 5.75 Å². The molecular formula is C19H15BrN4O3. The topological polar surface area (TPSA) is 93.2 Å². The van der Waals surface area contributed by atoms with Gasteiger partial charge in [-0.15, -0.1) is 0 Å². The molecule has 2 amide bonds. The summed E-state index contributed by atoms with van der Waals surface area (Å²) < 4.78 is 6.51. The van der Waals surface area contributed by atoms with Gasteiger partial charge in [-0.05, 0) is 36.4 Å². The van der Waals surface area contributed by atoms with Gasteiger partial charge in [-0.3, -0.25) is 14.6 Å². The SMILES string of the molecule is O=C(CNC(=O)c1ccc(Oc2cccc(Br)c2)nc1)Nc1cccnc1. The van der Waals surface area contributed by atoms with Crippen molar-refractivity contribution in [1.29, 1.82) is 0 Å². The van der Waals surface area contributed by atoms with Crippen molar-refractivity contribution in [3.63, 3.8) is 0 Å². The first-order valence-electron chi connectivity index (χ1n) is 7.98. The maximum absolute atomic E-state index is 12.1. The van der Waals surface area contributed by atoms with Crippen LogP contribution in [0.15, 0.2) is 71.6 Å². The number of hydrogen-bond acceptors (Lipinski definition) is 5. The summed E-state index contributed by atoms with van der Waals surface area (Å²) in [6, 6.07) is 13.9. The lowest BCUT2D eigenvalue weighted by Crippen LogP contribution is -2.32. The molecule has 3 rings (SSSR count). The van der Waals surface area contributed by atoms with E-state index in [1.54, 1.807) is 36.5 Å². The molecule has 3 aromatic rings. The van der Waals surface area contributed by atoms with E-state index in [-0.39, 0.29) is 12.5 Å². The lowest BCUT2D eigenvalue weighted by Gasteiger charge is -2.08. The van der Waals surface area contributed by atoms with E-state index in [9.17, 15) is 9.59 Å². The smallest absolute Gasteiger partial charge is 0.253 e. The van der Waals surface area contributed by atoms with Crippen molar-refractivity contribution in [2.45, 2.75) is 0 Å². The number of aromatic nitrogens is 2. The van der Waals surface area contributed by atoms with E-state index in [0.29, 0.717) is 22.9 Å². The second-order valence-electron chi connectivity index (χ2n) is 5.42. The number of hydrogen-bond donors (Lipinski definition) is 2. The first-order valence-corrected chi connectivity index (χ1v) is 8.77. The molecular weight excluding hydrogens is 412 g/mol. The Hall–Kier alpha value is -3.26. The lowest BCUT2D eigenvalue weighted by molar-refractivity contribution is -0.115. The first-order chi connectivity index (χ1) is 13.1. The number of nitrogens with one attached hydrogen (secondary N) is 2. The van der Waals surface area contributed by atoms with Gasteiger partial charge in [-0.1, -0.05) is 22.0 Å². The molecule has 0 aliphatic rings. The summed E-state index contributed by atoms with van der Waals surface area (Å²) in [5.74, 6) is 0.233. The largest absolute Gasteiger partial charge is 0.439 e. The molecule has 0 bridgehead atoms. The fourth-order valence-corrected chi connectivity index (χ4v) is 2.51. The predicted molar refractivity (Wildman–Crippen MR) is 104 cm³/mol. The summed E-state index contributed by atoms with van der Waals surface area (Å²) >= 11 is 3.37. The number of rotatable bonds is 6. The Bertz CT molecular complexity index is 933. The zero-order valence-corrected chi connectivity index (χ0v) is 15.6. The Kier molecular flexibility index (Phi) is 6.11. The minimum atomic E-state index is -0.405. The van der Waals surface area contributed by atoms with E-state index >= 15 is 0 Å². The van der Waals surface area contributed by atoms with Gasteiger partial charge in [-0.25, -0.2) is 4.98 Å². The minimum Gasteiger partial charge on any atom is -0.439 e. The second-order valence-corrected chi connectivity index (χ2v) is 6.33. The highest BCUT2D eigenvalue weighted by atomic mass is 79.9. The average Bonchev–Trinajstić information content (AvgIpc) is 2.67. The quantitative estimate of drug-likeness (QED) is 0.629. The average molecular weight is 427 g/mol. The number of ether oxygens (including phenoxy) is 1. The van der Waals surface area contributed by atoms with Crippen LogP contribution >= 0.6 is 15.9 Å². The Labute approximate surface area is 163 Å². The Morgan fingerprint density at radius 3 is 2.67 bits per heavy atom. The van der Waals surface area contributed by atoms with Crippen molar-refractivity contribution in [3.05, 3.63) is 77.2 Å². The molecule has 2 heterocycles. The third kappa shape index (κ3) is 5.61. The summed E-state index contributed by atoms with van der Waals surface area (Å²) in [4.78, 5) is 32.0. The van der Waals surface area contributed by atoms with Crippen LogP contribution in [-0.4, -0.2) is 28.3 Å². The third-order valence-electron chi connectivity index (χ3n) is 3.37. The number of benzene rings is 1. The molecule has 0 aliphatic carbocycles. The van der Waals surface area contributed by atoms with Crippen LogP contribution in [0.5, 0.6) is 11.6 Å². The molecule has 0 spiro atoms. The van der Waals surface area contributed by atoms with Crippen molar-refractivity contribution < 1.29 is 14.3 Å². The molecule has 7 nitrogen and oxygen atoms in total. The zero-order valence-electron chi connectivity index (χ0n) is 14.1. The molecule has 27 heavy (non-hydrogen) atoms. The molecule has 2 N–H and O–H groups in total. The molecule has 8 heteroatoms. The highest BCUT2D eigenvalue weighted by Gasteiger charge is 2.09. The Balaban J connectivity index is 1.52. The standard InChI is InChI=1S/C19H15BrN4O3/c20-14-3-1-5-16(9-14)27-18-7-6-13(10-22-18)19(26)23-12-17(25)24-15-4-2-8-21-11-15/h1-11H,12H2,(H,23,26)(H,24,25). The van der Waals surface area contributed by atoms with Crippen molar-refractivity contribution in [3.8, 4) is 11.6 Å². The summed E-state index contributed by atoms with van der Waals surface area (Å²) in [7, 11) is 0. The fraction of sp³-hybridized carbons (Fsp3) is 0.0526. The maximum Gasteiger partial charge on any atom is 0.253 e. The molecule has 0 saturated heterocycles. The molecule has 0 saturated carbocycles. The van der Waals surface area contributed by atoms with Crippen LogP contribution in [0.3, 0.4) is 0 Å². The molecule has 0 radical (unpaired) electrons. The van der Waals surface area contributed by atoms with Crippen LogP contribution < -0.4 is 15.4 Å². The van der Waals surface area contributed by atoms with Crippen LogP contribution in [0.25, 0.3) is 0 Å². The van der Waals surface area contributed by atoms with Gasteiger partial charge >= 0.3 is 0 Å². The van der Waals surface area contributed by atoms with Crippen molar-refractivity contribution >= 4 is 33.4 Å². The third-order valence-corrected chi connectivity index (χ3v) is 3.87. The monoisotopic (exact) mass is 426 g/mol. The Morgan fingerprint density at radius 2 is 1.96 bits per heavy atom. The normalized spacial score (nSPS) is 10.1. The number of anilines is 1. The maximum atomic E-state index is 12.1. The Morgan fingerprint density at radius 1 is 1.07 bits per heavy atom. The van der Waals surface area contributed by atoms with Crippen LogP contribution in [0, 0.1) is 0 Å². The number of carbonyl (C=O) groups excluding carboxylic acids is 2. The van der Waals surface area contributed by atoms with Gasteiger partial charge < -0.3 is 15.4 Å². The molecule has 1 aromatic carbocycles. The zero-order chi connectivity index (χ0) is 19.1. The molecule has 0 atom stereocenters. The number of halogens is 1. The van der Waals surface area contributed by atoms with Crippen molar-refractivity contribution in [2.75, 3.05) is 11.9 Å². The van der Waals surface area contributed by atoms with Crippen molar-refractivity contribution in [1.82, 2.24) is 15.3 Å². The van der Waals surface area contributed by atoms with Gasteiger partial charge in [0.25, 0.3) is 5.91 Å². The number of amides is 2. The van der Waals surface area contributed by atoms with Crippen LogP contribution in [0.4, 0.5) is 5.69 Å². The van der Waals surface area contributed by atoms with Gasteiger partial charge in [0.05, 0.1) is 24.0 Å². The summed E-state index contributed by atoms with van der Waals surface area (Å²) in [5.41, 5.74) is 0.887. The lowest BCUT2D eigenvalue weighted by atomic mass is 10.2. The van der Waals surface area contributed by atoms with Gasteiger partial charge in [0.2, 0.25) is 11.8 Å². The van der Waals surface area contributed by atoms with E-state index in [2.05, 4.69) is 36.5 Å². The first kappa shape index (κ1) is 18.5. The van der Waals surface area contributed by atoms with Crippen LogP contribution in [-0.2, 0) is 4.79 Å². The minimum absolute atomic E-state index is 0.163. The van der Waals surface area contributed by atoms with Crippen molar-refractivity contribution in [2.24, 2.45) is 0 Å². The second kappa shape index (κ2) is 8.91. The molecule has 0 unspecified atom stereocenters. The summed E-state index contributed by atoms with van der Waals surface area (Å²) in [6.45, 7) is -0.163. The highest BCUT2D eigenvalue weighted by Crippen LogP contribution is 2.22. The van der Waals surface area contributed by atoms with E-state index in [4.69, 9.17) is 4.74 Å². The fourth-order valence-electron chi connectivity index (χ4n) is 2.13. The number of carbonyl (C=O) groups is 2. The summed E-state index contributed by atoms with van der Waals surface area (Å²) in [6.07, 6.45) is 4.52. The number of nitrogens with zero attached hydrogens (tertiary/aromatic N) is 2. The van der Waals surface area contributed by atoms with E-state index in [0.717, 1.165) is 4.47 Å². The van der Waals surface area contributed by atoms with E-state index in [1.807, 2.05) is 18.2 Å². The van der Waals surface area contributed by atoms with Gasteiger partial charge in [0, 0.05) is 22.9 Å². The van der Waals surface area contributed by atoms with Gasteiger partial charge in [-0.2, -0.15) is 0 Å². The van der Waals surface area contributed by atoms with Crippen LogP contribution in [0.2, 0.25) is 0 Å². The highest BCUT2D eigenvalue weighted by molar-refractivity contribution is 9.10.